The van der Waals surface area contributed by atoms with Crippen molar-refractivity contribution >= 4 is 33.2 Å². The molecule has 3 heterocycles. The van der Waals surface area contributed by atoms with Crippen LogP contribution in [0.3, 0.4) is 0 Å². The van der Waals surface area contributed by atoms with Gasteiger partial charge in [-0.05, 0) is 111 Å². The van der Waals surface area contributed by atoms with Gasteiger partial charge in [0.25, 0.3) is 5.91 Å². The Bertz CT molecular complexity index is 1500. The first-order valence-electron chi connectivity index (χ1n) is 16.9. The molecule has 1 saturated carbocycles. The molecule has 5 atom stereocenters. The summed E-state index contributed by atoms with van der Waals surface area (Å²) in [5.74, 6) is 0.947. The van der Waals surface area contributed by atoms with E-state index in [1.807, 2.05) is 25.1 Å². The number of hydrogen-bond donors (Lipinski definition) is 2. The van der Waals surface area contributed by atoms with Crippen LogP contribution in [0.5, 0.6) is 5.75 Å². The summed E-state index contributed by atoms with van der Waals surface area (Å²) in [4.78, 5) is 15.8. The van der Waals surface area contributed by atoms with Crippen molar-refractivity contribution in [1.82, 2.24) is 4.72 Å². The smallest absolute Gasteiger partial charge is 0.264 e. The second-order valence-corrected chi connectivity index (χ2v) is 16.3. The Labute approximate surface area is 278 Å². The van der Waals surface area contributed by atoms with Gasteiger partial charge in [0, 0.05) is 29.6 Å². The molecule has 1 saturated heterocycles. The third-order valence-electron chi connectivity index (χ3n) is 10.7. The molecular weight excluding hydrogens is 626 g/mol. The van der Waals surface area contributed by atoms with E-state index in [4.69, 9.17) is 31.5 Å². The standard InChI is InChI=1S/C35H48ClN3O6S/c1-22-6-5-8-31(35-44-20-29(37)21-45-35)30-13-10-26(30)18-39-15-4-3-7-24-16-28(36)12-9-27(24)19-43-33-14-11-25(17-32(33)39)34(40)38-46(41,42)23(22)2/h9,11-12,14,16-17,22-23,26,29-31,35H,3-8,10,13,15,18-21,37H2,1-2H3,(H,38,40)/t22-,23+,26-,29-,30+,31+,35-/m0/s1. The van der Waals surface area contributed by atoms with E-state index >= 15 is 0 Å². The Morgan fingerprint density at radius 3 is 2.50 bits per heavy atom. The number of halogens is 1. The predicted molar refractivity (Wildman–Crippen MR) is 180 cm³/mol. The zero-order valence-corrected chi connectivity index (χ0v) is 28.5. The van der Waals surface area contributed by atoms with E-state index in [1.165, 1.54) is 5.56 Å². The SMILES string of the molecule is C[C@@H]1[C@@H](C)CCC[C@@H]([C@H]2OC[C@H](N)CO2)[C@@H]2CC[C@H]2CN2CCCCc3cc(Cl)ccc3COc3ccc(cc32)C(=O)NS1(=O)=O. The van der Waals surface area contributed by atoms with E-state index in [2.05, 4.69) is 9.62 Å². The number of carbonyl (C=O) groups excluding carboxylic acids is 1. The number of nitrogens with one attached hydrogen (secondary N) is 1. The van der Waals surface area contributed by atoms with E-state index < -0.39 is 21.2 Å². The number of sulfonamides is 1. The largest absolute Gasteiger partial charge is 0.487 e. The predicted octanol–water partition coefficient (Wildman–Crippen LogP) is 5.67. The van der Waals surface area contributed by atoms with Crippen LogP contribution in [0, 0.1) is 23.7 Å². The molecule has 0 unspecified atom stereocenters. The maximum Gasteiger partial charge on any atom is 0.264 e. The fourth-order valence-corrected chi connectivity index (χ4v) is 9.08. The topological polar surface area (TPSA) is 120 Å². The van der Waals surface area contributed by atoms with Gasteiger partial charge in [0.15, 0.2) is 6.29 Å². The summed E-state index contributed by atoms with van der Waals surface area (Å²) >= 11 is 6.36. The highest BCUT2D eigenvalue weighted by Crippen LogP contribution is 2.46. The lowest BCUT2D eigenvalue weighted by Gasteiger charge is -2.47. The normalized spacial score (nSPS) is 32.4. The van der Waals surface area contributed by atoms with Gasteiger partial charge in [-0.1, -0.05) is 31.0 Å². The summed E-state index contributed by atoms with van der Waals surface area (Å²) in [5.41, 5.74) is 9.48. The van der Waals surface area contributed by atoms with Crippen molar-refractivity contribution in [2.24, 2.45) is 29.4 Å². The van der Waals surface area contributed by atoms with Crippen LogP contribution in [0.1, 0.15) is 80.3 Å². The third kappa shape index (κ3) is 7.51. The summed E-state index contributed by atoms with van der Waals surface area (Å²) in [7, 11) is -3.90. The van der Waals surface area contributed by atoms with Crippen molar-refractivity contribution < 1.29 is 27.4 Å². The van der Waals surface area contributed by atoms with E-state index in [-0.39, 0.29) is 24.2 Å². The summed E-state index contributed by atoms with van der Waals surface area (Å²) in [6.07, 6.45) is 7.19. The second kappa shape index (κ2) is 14.4. The summed E-state index contributed by atoms with van der Waals surface area (Å²) < 4.78 is 48.0. The van der Waals surface area contributed by atoms with Gasteiger partial charge in [0.1, 0.15) is 12.4 Å². The van der Waals surface area contributed by atoms with Gasteiger partial charge in [-0.15, -0.1) is 0 Å². The summed E-state index contributed by atoms with van der Waals surface area (Å²) in [6.45, 7) is 6.56. The first kappa shape index (κ1) is 33.5. The number of anilines is 1. The van der Waals surface area contributed by atoms with Gasteiger partial charge in [0.05, 0.1) is 30.2 Å². The van der Waals surface area contributed by atoms with Crippen LogP contribution < -0.4 is 20.1 Å². The average Bonchev–Trinajstić information content (AvgIpc) is 3.05. The molecule has 2 aromatic carbocycles. The fraction of sp³-hybridized carbons (Fsp3) is 0.629. The summed E-state index contributed by atoms with van der Waals surface area (Å²) in [5, 5.41) is -0.0133. The molecular formula is C35H48ClN3O6S. The average molecular weight is 674 g/mol. The molecule has 2 bridgehead atoms. The lowest BCUT2D eigenvalue weighted by atomic mass is 9.65. The number of rotatable bonds is 1. The number of aryl methyl sites for hydroxylation is 1. The molecule has 46 heavy (non-hydrogen) atoms. The van der Waals surface area contributed by atoms with Gasteiger partial charge in [-0.3, -0.25) is 4.79 Å². The molecule has 2 aromatic rings. The van der Waals surface area contributed by atoms with Gasteiger partial charge < -0.3 is 24.8 Å². The molecule has 4 aliphatic rings. The first-order chi connectivity index (χ1) is 22.1. The van der Waals surface area contributed by atoms with Crippen molar-refractivity contribution in [3.8, 4) is 5.75 Å². The van der Waals surface area contributed by atoms with Gasteiger partial charge in [-0.2, -0.15) is 0 Å². The van der Waals surface area contributed by atoms with Crippen molar-refractivity contribution in [2.75, 3.05) is 31.2 Å². The number of ether oxygens (including phenoxy) is 3. The maximum atomic E-state index is 13.5. The molecule has 0 aromatic heterocycles. The van der Waals surface area contributed by atoms with Crippen LogP contribution in [0.15, 0.2) is 36.4 Å². The lowest BCUT2D eigenvalue weighted by Crippen LogP contribution is -2.50. The van der Waals surface area contributed by atoms with Gasteiger partial charge in [0.2, 0.25) is 10.0 Å². The monoisotopic (exact) mass is 673 g/mol. The number of carbonyl (C=O) groups is 1. The Morgan fingerprint density at radius 1 is 0.935 bits per heavy atom. The summed E-state index contributed by atoms with van der Waals surface area (Å²) in [6, 6.07) is 11.1. The molecule has 1 aliphatic carbocycles. The quantitative estimate of drug-likeness (QED) is 0.397. The fourth-order valence-electron chi connectivity index (χ4n) is 7.58. The second-order valence-electron chi connectivity index (χ2n) is 13.8. The van der Waals surface area contributed by atoms with Crippen LogP contribution in [0.2, 0.25) is 5.02 Å². The molecule has 0 spiro atoms. The highest BCUT2D eigenvalue weighted by Gasteiger charge is 2.43. The number of benzene rings is 2. The van der Waals surface area contributed by atoms with E-state index in [1.54, 1.807) is 25.1 Å². The number of nitrogens with two attached hydrogens (primary N) is 1. The Hall–Kier alpha value is -2.37. The highest BCUT2D eigenvalue weighted by atomic mass is 35.5. The van der Waals surface area contributed by atoms with Crippen LogP contribution in [0.4, 0.5) is 5.69 Å². The first-order valence-corrected chi connectivity index (χ1v) is 18.9. The minimum Gasteiger partial charge on any atom is -0.487 e. The van der Waals surface area contributed by atoms with Gasteiger partial charge >= 0.3 is 0 Å². The van der Waals surface area contributed by atoms with Crippen molar-refractivity contribution in [3.63, 3.8) is 0 Å². The number of nitrogens with zero attached hydrogens (tertiary/aromatic N) is 1. The minimum atomic E-state index is -3.90. The van der Waals surface area contributed by atoms with Crippen LogP contribution in [-0.4, -0.2) is 58.2 Å². The number of amides is 1. The van der Waals surface area contributed by atoms with E-state index in [0.717, 1.165) is 75.7 Å². The molecule has 9 nitrogen and oxygen atoms in total. The third-order valence-corrected chi connectivity index (χ3v) is 12.9. The zero-order valence-electron chi connectivity index (χ0n) is 27.0. The van der Waals surface area contributed by atoms with Gasteiger partial charge in [-0.25, -0.2) is 13.1 Å². The number of hydrogen-bond acceptors (Lipinski definition) is 8. The molecule has 252 valence electrons. The minimum absolute atomic E-state index is 0.119. The molecule has 3 N–H and O–H groups in total. The van der Waals surface area contributed by atoms with Crippen LogP contribution in [-0.2, 0) is 32.5 Å². The van der Waals surface area contributed by atoms with Crippen LogP contribution in [0.25, 0.3) is 0 Å². The van der Waals surface area contributed by atoms with Crippen molar-refractivity contribution in [3.05, 3.63) is 58.1 Å². The Balaban J connectivity index is 1.36. The van der Waals surface area contributed by atoms with E-state index in [9.17, 15) is 13.2 Å². The van der Waals surface area contributed by atoms with Crippen molar-refractivity contribution in [2.45, 2.75) is 89.4 Å². The van der Waals surface area contributed by atoms with E-state index in [0.29, 0.717) is 48.0 Å². The lowest BCUT2D eigenvalue weighted by molar-refractivity contribution is -0.229. The van der Waals surface area contributed by atoms with Crippen LogP contribution >= 0.6 is 11.6 Å². The zero-order chi connectivity index (χ0) is 32.4. The molecule has 2 fully saturated rings. The number of fused-ring (bicyclic) bond motifs is 3. The molecule has 3 aliphatic heterocycles. The Morgan fingerprint density at radius 2 is 1.74 bits per heavy atom. The van der Waals surface area contributed by atoms with Crippen molar-refractivity contribution in [1.29, 1.82) is 0 Å². The molecule has 11 heteroatoms. The molecule has 0 radical (unpaired) electrons. The molecule has 1 amide bonds. The maximum absolute atomic E-state index is 13.5. The Kier molecular flexibility index (Phi) is 10.5. The highest BCUT2D eigenvalue weighted by molar-refractivity contribution is 7.90. The molecule has 6 rings (SSSR count).